The minimum atomic E-state index is 0.348. The van der Waals surface area contributed by atoms with Gasteiger partial charge in [0.25, 0.3) is 0 Å². The molecule has 1 aliphatic heterocycles. The molecule has 0 bridgehead atoms. The summed E-state index contributed by atoms with van der Waals surface area (Å²) in [7, 11) is 1.78. The van der Waals surface area contributed by atoms with Crippen LogP contribution < -0.4 is 5.32 Å². The van der Waals surface area contributed by atoms with Gasteiger partial charge >= 0.3 is 0 Å². The summed E-state index contributed by atoms with van der Waals surface area (Å²) in [6.07, 6.45) is 2.31. The normalized spacial score (nSPS) is 19.2. The quantitative estimate of drug-likeness (QED) is 0.704. The number of ether oxygens (including phenoxy) is 2. The van der Waals surface area contributed by atoms with Crippen LogP contribution in [0.15, 0.2) is 0 Å². The highest BCUT2D eigenvalue weighted by atomic mass is 16.5. The Hall–Kier alpha value is -0.160. The van der Waals surface area contributed by atoms with Crippen molar-refractivity contribution in [1.82, 2.24) is 10.2 Å². The standard InChI is InChI=1S/C16H34N2O2/c1-14(2)17-12-16(6-9-20-10-7-16)13-18(15(3)4)8-11-19-5/h14-15,17H,6-13H2,1-5H3. The first-order chi connectivity index (χ1) is 9.49. The van der Waals surface area contributed by atoms with Crippen LogP contribution in [-0.2, 0) is 9.47 Å². The molecule has 1 fully saturated rings. The highest BCUT2D eigenvalue weighted by molar-refractivity contribution is 4.88. The van der Waals surface area contributed by atoms with Gasteiger partial charge in [0.05, 0.1) is 6.61 Å². The Morgan fingerprint density at radius 1 is 1.20 bits per heavy atom. The lowest BCUT2D eigenvalue weighted by atomic mass is 9.79. The first-order valence-corrected chi connectivity index (χ1v) is 8.03. The van der Waals surface area contributed by atoms with Gasteiger partial charge in [0, 0.05) is 52.0 Å². The number of nitrogens with zero attached hydrogens (tertiary/aromatic N) is 1. The van der Waals surface area contributed by atoms with Crippen molar-refractivity contribution >= 4 is 0 Å². The third kappa shape index (κ3) is 6.08. The van der Waals surface area contributed by atoms with E-state index in [4.69, 9.17) is 9.47 Å². The van der Waals surface area contributed by atoms with Crippen molar-refractivity contribution in [2.75, 3.05) is 46.6 Å². The summed E-state index contributed by atoms with van der Waals surface area (Å²) in [6, 6.07) is 1.10. The topological polar surface area (TPSA) is 33.7 Å². The molecule has 0 amide bonds. The van der Waals surface area contributed by atoms with E-state index < -0.39 is 0 Å². The van der Waals surface area contributed by atoms with Gasteiger partial charge < -0.3 is 14.8 Å². The molecule has 1 saturated heterocycles. The lowest BCUT2D eigenvalue weighted by molar-refractivity contribution is -0.0142. The van der Waals surface area contributed by atoms with Crippen LogP contribution in [0.2, 0.25) is 0 Å². The number of hydrogen-bond donors (Lipinski definition) is 1. The van der Waals surface area contributed by atoms with Crippen LogP contribution in [0, 0.1) is 5.41 Å². The van der Waals surface area contributed by atoms with Crippen LogP contribution >= 0.6 is 0 Å². The minimum absolute atomic E-state index is 0.348. The molecule has 4 nitrogen and oxygen atoms in total. The van der Waals surface area contributed by atoms with Crippen molar-refractivity contribution in [3.05, 3.63) is 0 Å². The fraction of sp³-hybridized carbons (Fsp3) is 1.00. The molecule has 0 unspecified atom stereocenters. The second-order valence-electron chi connectivity index (χ2n) is 6.70. The Bertz CT molecular complexity index is 251. The van der Waals surface area contributed by atoms with Crippen molar-refractivity contribution in [3.8, 4) is 0 Å². The van der Waals surface area contributed by atoms with E-state index in [2.05, 4.69) is 37.9 Å². The molecular weight excluding hydrogens is 252 g/mol. The first-order valence-electron chi connectivity index (χ1n) is 8.03. The zero-order valence-electron chi connectivity index (χ0n) is 14.1. The smallest absolute Gasteiger partial charge is 0.0589 e. The van der Waals surface area contributed by atoms with Crippen LogP contribution in [0.25, 0.3) is 0 Å². The predicted octanol–water partition coefficient (Wildman–Crippen LogP) is 2.14. The Morgan fingerprint density at radius 2 is 1.85 bits per heavy atom. The highest BCUT2D eigenvalue weighted by Crippen LogP contribution is 2.31. The van der Waals surface area contributed by atoms with Crippen molar-refractivity contribution in [1.29, 1.82) is 0 Å². The van der Waals surface area contributed by atoms with Gasteiger partial charge in [-0.25, -0.2) is 0 Å². The molecule has 1 N–H and O–H groups in total. The van der Waals surface area contributed by atoms with E-state index in [9.17, 15) is 0 Å². The molecule has 1 heterocycles. The molecule has 1 aliphatic rings. The van der Waals surface area contributed by atoms with Gasteiger partial charge in [-0.1, -0.05) is 13.8 Å². The van der Waals surface area contributed by atoms with E-state index in [1.165, 1.54) is 0 Å². The van der Waals surface area contributed by atoms with Crippen molar-refractivity contribution < 1.29 is 9.47 Å². The van der Waals surface area contributed by atoms with E-state index in [1.54, 1.807) is 7.11 Å². The van der Waals surface area contributed by atoms with Crippen LogP contribution in [0.1, 0.15) is 40.5 Å². The van der Waals surface area contributed by atoms with Crippen molar-refractivity contribution in [2.24, 2.45) is 5.41 Å². The van der Waals surface area contributed by atoms with Crippen molar-refractivity contribution in [3.63, 3.8) is 0 Å². The zero-order valence-corrected chi connectivity index (χ0v) is 14.1. The predicted molar refractivity (Wildman–Crippen MR) is 84.2 cm³/mol. The van der Waals surface area contributed by atoms with Gasteiger partial charge in [0.1, 0.15) is 0 Å². The number of hydrogen-bond acceptors (Lipinski definition) is 4. The van der Waals surface area contributed by atoms with Gasteiger partial charge in [-0.3, -0.25) is 4.90 Å². The summed E-state index contributed by atoms with van der Waals surface area (Å²) in [5, 5.41) is 3.64. The number of methoxy groups -OCH3 is 1. The molecule has 0 aromatic carbocycles. The summed E-state index contributed by atoms with van der Waals surface area (Å²) in [5.74, 6) is 0. The number of rotatable bonds is 9. The molecule has 1 rings (SSSR count). The van der Waals surface area contributed by atoms with Gasteiger partial charge in [0.2, 0.25) is 0 Å². The molecule has 120 valence electrons. The van der Waals surface area contributed by atoms with Gasteiger partial charge in [-0.2, -0.15) is 0 Å². The maximum atomic E-state index is 5.58. The summed E-state index contributed by atoms with van der Waals surface area (Å²) < 4.78 is 10.8. The van der Waals surface area contributed by atoms with Gasteiger partial charge in [0.15, 0.2) is 0 Å². The molecule has 0 aromatic rings. The molecule has 0 aromatic heterocycles. The average molecular weight is 286 g/mol. The molecule has 20 heavy (non-hydrogen) atoms. The molecule has 0 radical (unpaired) electrons. The fourth-order valence-electron chi connectivity index (χ4n) is 2.78. The Balaban J connectivity index is 2.65. The van der Waals surface area contributed by atoms with Crippen LogP contribution in [-0.4, -0.2) is 63.5 Å². The lowest BCUT2D eigenvalue weighted by Gasteiger charge is -2.43. The van der Waals surface area contributed by atoms with E-state index in [0.717, 1.165) is 52.3 Å². The second-order valence-corrected chi connectivity index (χ2v) is 6.70. The summed E-state index contributed by atoms with van der Waals surface area (Å²) in [5.41, 5.74) is 0.348. The largest absolute Gasteiger partial charge is 0.383 e. The molecule has 4 heteroatoms. The maximum absolute atomic E-state index is 5.58. The molecule has 0 saturated carbocycles. The van der Waals surface area contributed by atoms with Crippen LogP contribution in [0.3, 0.4) is 0 Å². The van der Waals surface area contributed by atoms with Gasteiger partial charge in [-0.15, -0.1) is 0 Å². The maximum Gasteiger partial charge on any atom is 0.0589 e. The Labute approximate surface area is 125 Å². The Kier molecular flexibility index (Phi) is 8.03. The number of nitrogens with one attached hydrogen (secondary N) is 1. The third-order valence-corrected chi connectivity index (χ3v) is 4.29. The monoisotopic (exact) mass is 286 g/mol. The Morgan fingerprint density at radius 3 is 2.35 bits per heavy atom. The summed E-state index contributed by atoms with van der Waals surface area (Å²) in [6.45, 7) is 14.8. The average Bonchev–Trinajstić information content (AvgIpc) is 2.42. The molecule has 0 aliphatic carbocycles. The molecular formula is C16H34N2O2. The van der Waals surface area contributed by atoms with Crippen molar-refractivity contribution in [2.45, 2.75) is 52.6 Å². The first kappa shape index (κ1) is 17.9. The molecule has 0 atom stereocenters. The van der Waals surface area contributed by atoms with E-state index in [1.807, 2.05) is 0 Å². The van der Waals surface area contributed by atoms with E-state index in [0.29, 0.717) is 17.5 Å². The van der Waals surface area contributed by atoms with Gasteiger partial charge in [-0.05, 0) is 32.1 Å². The zero-order chi connectivity index (χ0) is 15.0. The minimum Gasteiger partial charge on any atom is -0.383 e. The fourth-order valence-corrected chi connectivity index (χ4v) is 2.78. The second kappa shape index (κ2) is 8.98. The van der Waals surface area contributed by atoms with Crippen LogP contribution in [0.5, 0.6) is 0 Å². The lowest BCUT2D eigenvalue weighted by Crippen LogP contribution is -2.50. The van der Waals surface area contributed by atoms with E-state index >= 15 is 0 Å². The third-order valence-electron chi connectivity index (χ3n) is 4.29. The van der Waals surface area contributed by atoms with Crippen LogP contribution in [0.4, 0.5) is 0 Å². The summed E-state index contributed by atoms with van der Waals surface area (Å²) in [4.78, 5) is 2.55. The van der Waals surface area contributed by atoms with E-state index in [-0.39, 0.29) is 0 Å². The summed E-state index contributed by atoms with van der Waals surface area (Å²) >= 11 is 0. The highest BCUT2D eigenvalue weighted by Gasteiger charge is 2.34. The SMILES string of the molecule is COCCN(CC1(CNC(C)C)CCOCC1)C(C)C. The molecule has 0 spiro atoms.